The van der Waals surface area contributed by atoms with Gasteiger partial charge in [0.05, 0.1) is 0 Å². The molecule has 0 aliphatic rings. The summed E-state index contributed by atoms with van der Waals surface area (Å²) in [6.45, 7) is 6.80. The van der Waals surface area contributed by atoms with Crippen molar-refractivity contribution in [3.8, 4) is 0 Å². The highest BCUT2D eigenvalue weighted by Gasteiger charge is 2.12. The second-order valence-corrected chi connectivity index (χ2v) is 5.55. The number of hydrogen-bond donors (Lipinski definition) is 1. The molecule has 0 saturated heterocycles. The molecule has 0 aromatic heterocycles. The van der Waals surface area contributed by atoms with Crippen molar-refractivity contribution in [1.82, 2.24) is 0 Å². The van der Waals surface area contributed by atoms with E-state index in [4.69, 9.17) is 5.73 Å². The molecule has 0 aliphatic heterocycles. The molecule has 1 aromatic carbocycles. The molecule has 15 heavy (non-hydrogen) atoms. The Hall–Kier alpha value is -0.820. The van der Waals surface area contributed by atoms with Crippen molar-refractivity contribution in [3.05, 3.63) is 35.9 Å². The summed E-state index contributed by atoms with van der Waals surface area (Å²) in [5, 5.41) is 0. The monoisotopic (exact) mass is 205 g/mol. The van der Waals surface area contributed by atoms with Crippen molar-refractivity contribution in [3.63, 3.8) is 0 Å². The maximum absolute atomic E-state index is 6.11. The quantitative estimate of drug-likeness (QED) is 0.801. The molecular weight excluding hydrogens is 182 g/mol. The standard InChI is InChI=1S/C14H23N/c1-14(2,3)10-9-13(15)11-12-7-5-4-6-8-12/h4-8,13H,9-11,15H2,1-3H3. The van der Waals surface area contributed by atoms with Crippen LogP contribution in [0, 0.1) is 5.41 Å². The topological polar surface area (TPSA) is 26.0 Å². The molecule has 0 aliphatic carbocycles. The highest BCUT2D eigenvalue weighted by molar-refractivity contribution is 5.15. The van der Waals surface area contributed by atoms with E-state index in [0.29, 0.717) is 11.5 Å². The van der Waals surface area contributed by atoms with Gasteiger partial charge in [0, 0.05) is 6.04 Å². The molecule has 0 bridgehead atoms. The zero-order valence-electron chi connectivity index (χ0n) is 10.2. The smallest absolute Gasteiger partial charge is 0.00795 e. The van der Waals surface area contributed by atoms with Crippen LogP contribution in [0.3, 0.4) is 0 Å². The first kappa shape index (κ1) is 12.3. The number of nitrogens with two attached hydrogens (primary N) is 1. The van der Waals surface area contributed by atoms with Gasteiger partial charge in [-0.15, -0.1) is 0 Å². The summed E-state index contributed by atoms with van der Waals surface area (Å²) >= 11 is 0. The van der Waals surface area contributed by atoms with E-state index in [1.54, 1.807) is 0 Å². The third-order valence-electron chi connectivity index (χ3n) is 2.61. The van der Waals surface area contributed by atoms with Gasteiger partial charge in [-0.3, -0.25) is 0 Å². The first-order valence-corrected chi connectivity index (χ1v) is 5.77. The van der Waals surface area contributed by atoms with Crippen LogP contribution in [0.2, 0.25) is 0 Å². The van der Waals surface area contributed by atoms with Crippen molar-refractivity contribution in [2.45, 2.75) is 46.1 Å². The van der Waals surface area contributed by atoms with Crippen molar-refractivity contribution >= 4 is 0 Å². The summed E-state index contributed by atoms with van der Waals surface area (Å²) in [5.41, 5.74) is 7.86. The summed E-state index contributed by atoms with van der Waals surface area (Å²) in [6, 6.07) is 10.8. The molecule has 1 heteroatoms. The van der Waals surface area contributed by atoms with Gasteiger partial charge in [-0.2, -0.15) is 0 Å². The fourth-order valence-electron chi connectivity index (χ4n) is 1.64. The van der Waals surface area contributed by atoms with E-state index in [9.17, 15) is 0 Å². The van der Waals surface area contributed by atoms with Gasteiger partial charge in [-0.1, -0.05) is 51.1 Å². The Kier molecular flexibility index (Phi) is 4.34. The van der Waals surface area contributed by atoms with E-state index < -0.39 is 0 Å². The molecular formula is C14H23N. The molecule has 84 valence electrons. The van der Waals surface area contributed by atoms with Crippen LogP contribution in [-0.4, -0.2) is 6.04 Å². The molecule has 0 spiro atoms. The van der Waals surface area contributed by atoms with Crippen LogP contribution in [0.4, 0.5) is 0 Å². The summed E-state index contributed by atoms with van der Waals surface area (Å²) in [6.07, 6.45) is 3.30. The van der Waals surface area contributed by atoms with Crippen molar-refractivity contribution in [2.75, 3.05) is 0 Å². The molecule has 0 fully saturated rings. The maximum Gasteiger partial charge on any atom is 0.00795 e. The zero-order chi connectivity index (χ0) is 11.3. The largest absolute Gasteiger partial charge is 0.327 e. The molecule has 1 atom stereocenters. The SMILES string of the molecule is CC(C)(C)CCC(N)Cc1ccccc1. The Morgan fingerprint density at radius 1 is 1.13 bits per heavy atom. The van der Waals surface area contributed by atoms with Crippen LogP contribution in [0.1, 0.15) is 39.2 Å². The van der Waals surface area contributed by atoms with Crippen molar-refractivity contribution < 1.29 is 0 Å². The van der Waals surface area contributed by atoms with Crippen LogP contribution in [0.25, 0.3) is 0 Å². The molecule has 0 radical (unpaired) electrons. The highest BCUT2D eigenvalue weighted by atomic mass is 14.6. The van der Waals surface area contributed by atoms with Gasteiger partial charge in [0.2, 0.25) is 0 Å². The van der Waals surface area contributed by atoms with Gasteiger partial charge in [0.25, 0.3) is 0 Å². The van der Waals surface area contributed by atoms with Gasteiger partial charge >= 0.3 is 0 Å². The molecule has 1 unspecified atom stereocenters. The minimum absolute atomic E-state index is 0.298. The van der Waals surface area contributed by atoms with E-state index >= 15 is 0 Å². The van der Waals surface area contributed by atoms with E-state index in [0.717, 1.165) is 12.8 Å². The van der Waals surface area contributed by atoms with Crippen LogP contribution in [-0.2, 0) is 6.42 Å². The Bertz CT molecular complexity index is 271. The fourth-order valence-corrected chi connectivity index (χ4v) is 1.64. The van der Waals surface area contributed by atoms with Crippen LogP contribution in [0.5, 0.6) is 0 Å². The normalized spacial score (nSPS) is 13.9. The molecule has 0 heterocycles. The number of rotatable bonds is 4. The number of hydrogen-bond acceptors (Lipinski definition) is 1. The van der Waals surface area contributed by atoms with E-state index in [1.165, 1.54) is 12.0 Å². The second-order valence-electron chi connectivity index (χ2n) is 5.55. The molecule has 1 aromatic rings. The zero-order valence-corrected chi connectivity index (χ0v) is 10.2. The van der Waals surface area contributed by atoms with Gasteiger partial charge in [0.1, 0.15) is 0 Å². The third kappa shape index (κ3) is 5.58. The first-order chi connectivity index (χ1) is 6.97. The van der Waals surface area contributed by atoms with Gasteiger partial charge in [0.15, 0.2) is 0 Å². The van der Waals surface area contributed by atoms with E-state index in [2.05, 4.69) is 45.0 Å². The van der Waals surface area contributed by atoms with Gasteiger partial charge < -0.3 is 5.73 Å². The summed E-state index contributed by atoms with van der Waals surface area (Å²) in [5.74, 6) is 0. The fraction of sp³-hybridized carbons (Fsp3) is 0.571. The Morgan fingerprint density at radius 3 is 2.27 bits per heavy atom. The van der Waals surface area contributed by atoms with Crippen LogP contribution < -0.4 is 5.73 Å². The predicted octanol–water partition coefficient (Wildman–Crippen LogP) is 3.38. The summed E-state index contributed by atoms with van der Waals surface area (Å²) in [4.78, 5) is 0. The molecule has 1 nitrogen and oxygen atoms in total. The van der Waals surface area contributed by atoms with Crippen molar-refractivity contribution in [2.24, 2.45) is 11.1 Å². The van der Waals surface area contributed by atoms with Crippen LogP contribution >= 0.6 is 0 Å². The lowest BCUT2D eigenvalue weighted by Crippen LogP contribution is -2.24. The lowest BCUT2D eigenvalue weighted by atomic mass is 9.87. The molecule has 1 rings (SSSR count). The second kappa shape index (κ2) is 5.32. The lowest BCUT2D eigenvalue weighted by molar-refractivity contribution is 0.347. The van der Waals surface area contributed by atoms with E-state index in [1.807, 2.05) is 6.07 Å². The number of benzene rings is 1. The first-order valence-electron chi connectivity index (χ1n) is 5.77. The van der Waals surface area contributed by atoms with Crippen LogP contribution in [0.15, 0.2) is 30.3 Å². The van der Waals surface area contributed by atoms with E-state index in [-0.39, 0.29) is 0 Å². The predicted molar refractivity (Wildman–Crippen MR) is 66.8 cm³/mol. The minimum Gasteiger partial charge on any atom is -0.327 e. The lowest BCUT2D eigenvalue weighted by Gasteiger charge is -2.20. The summed E-state index contributed by atoms with van der Waals surface area (Å²) in [7, 11) is 0. The molecule has 2 N–H and O–H groups in total. The molecule has 0 saturated carbocycles. The Labute approximate surface area is 93.7 Å². The Morgan fingerprint density at radius 2 is 1.73 bits per heavy atom. The van der Waals surface area contributed by atoms with Gasteiger partial charge in [-0.25, -0.2) is 0 Å². The molecule has 0 amide bonds. The van der Waals surface area contributed by atoms with Crippen molar-refractivity contribution in [1.29, 1.82) is 0 Å². The maximum atomic E-state index is 6.11. The summed E-state index contributed by atoms with van der Waals surface area (Å²) < 4.78 is 0. The third-order valence-corrected chi connectivity index (χ3v) is 2.61. The van der Waals surface area contributed by atoms with Gasteiger partial charge in [-0.05, 0) is 30.2 Å². The average Bonchev–Trinajstić information content (AvgIpc) is 2.15. The minimum atomic E-state index is 0.298. The average molecular weight is 205 g/mol. The Balaban J connectivity index is 2.34. The highest BCUT2D eigenvalue weighted by Crippen LogP contribution is 2.21.